The largest absolute Gasteiger partial charge is 0.493 e. The van der Waals surface area contributed by atoms with Gasteiger partial charge in [0.2, 0.25) is 0 Å². The highest BCUT2D eigenvalue weighted by Crippen LogP contribution is 2.35. The molecule has 4 nitrogen and oxygen atoms in total. The van der Waals surface area contributed by atoms with Gasteiger partial charge < -0.3 is 10.1 Å². The van der Waals surface area contributed by atoms with E-state index in [1.165, 1.54) is 11.8 Å². The SMILES string of the molecule is CNC(Cc1cc(Br)cc2c1OCC2)C(C)(C)S(C)(=O)=O. The summed E-state index contributed by atoms with van der Waals surface area (Å²) < 4.78 is 30.0. The van der Waals surface area contributed by atoms with Crippen LogP contribution in [0.4, 0.5) is 0 Å². The molecule has 0 amide bonds. The third-order valence-corrected chi connectivity index (χ3v) is 7.05. The van der Waals surface area contributed by atoms with Crippen molar-refractivity contribution in [3.05, 3.63) is 27.7 Å². The highest BCUT2D eigenvalue weighted by Gasteiger charge is 2.38. The average molecular weight is 376 g/mol. The molecule has 1 N–H and O–H groups in total. The van der Waals surface area contributed by atoms with Crippen molar-refractivity contribution in [2.45, 2.75) is 37.5 Å². The lowest BCUT2D eigenvalue weighted by Crippen LogP contribution is -2.51. The lowest BCUT2D eigenvalue weighted by atomic mass is 9.94. The molecular formula is C15H22BrNO3S. The van der Waals surface area contributed by atoms with E-state index in [1.54, 1.807) is 20.9 Å². The second kappa shape index (κ2) is 5.89. The summed E-state index contributed by atoms with van der Waals surface area (Å²) in [5, 5.41) is 3.16. The number of fused-ring (bicyclic) bond motifs is 1. The summed E-state index contributed by atoms with van der Waals surface area (Å²) in [6, 6.07) is 3.91. The molecule has 0 bridgehead atoms. The number of sulfone groups is 1. The molecule has 1 aromatic rings. The Labute approximate surface area is 135 Å². The van der Waals surface area contributed by atoms with Crippen molar-refractivity contribution < 1.29 is 13.2 Å². The maximum atomic E-state index is 12.1. The zero-order chi connectivity index (χ0) is 15.8. The zero-order valence-corrected chi connectivity index (χ0v) is 15.3. The van der Waals surface area contributed by atoms with E-state index in [1.807, 2.05) is 6.07 Å². The van der Waals surface area contributed by atoms with Crippen LogP contribution in [0.25, 0.3) is 0 Å². The van der Waals surface area contributed by atoms with Gasteiger partial charge in [0.15, 0.2) is 9.84 Å². The van der Waals surface area contributed by atoms with E-state index in [4.69, 9.17) is 4.74 Å². The first-order valence-corrected chi connectivity index (χ1v) is 9.66. The van der Waals surface area contributed by atoms with Crippen molar-refractivity contribution in [3.8, 4) is 5.75 Å². The van der Waals surface area contributed by atoms with Crippen LogP contribution < -0.4 is 10.1 Å². The Morgan fingerprint density at radius 2 is 2.10 bits per heavy atom. The number of likely N-dealkylation sites (N-methyl/N-ethyl adjacent to an activating group) is 1. The Kier molecular flexibility index (Phi) is 4.71. The standard InChI is InChI=1S/C15H22BrNO3S/c1-15(2,21(4,18)19)13(17-3)9-11-8-12(16)7-10-5-6-20-14(10)11/h7-8,13,17H,5-6,9H2,1-4H3. The third-order valence-electron chi connectivity index (χ3n) is 4.39. The minimum Gasteiger partial charge on any atom is -0.493 e. The van der Waals surface area contributed by atoms with E-state index < -0.39 is 14.6 Å². The van der Waals surface area contributed by atoms with E-state index in [9.17, 15) is 8.42 Å². The van der Waals surface area contributed by atoms with Crippen LogP contribution in [-0.2, 0) is 22.7 Å². The van der Waals surface area contributed by atoms with Crippen LogP contribution in [0.1, 0.15) is 25.0 Å². The van der Waals surface area contributed by atoms with Gasteiger partial charge in [0.05, 0.1) is 11.4 Å². The summed E-state index contributed by atoms with van der Waals surface area (Å²) in [4.78, 5) is 0. The van der Waals surface area contributed by atoms with Crippen molar-refractivity contribution in [2.75, 3.05) is 19.9 Å². The molecule has 21 heavy (non-hydrogen) atoms. The van der Waals surface area contributed by atoms with Crippen LogP contribution in [-0.4, -0.2) is 39.1 Å². The van der Waals surface area contributed by atoms with Crippen LogP contribution in [0.3, 0.4) is 0 Å². The number of rotatable bonds is 5. The predicted octanol–water partition coefficient (Wildman–Crippen LogP) is 2.34. The zero-order valence-electron chi connectivity index (χ0n) is 12.9. The van der Waals surface area contributed by atoms with Crippen molar-refractivity contribution in [3.63, 3.8) is 0 Å². The second-order valence-corrected chi connectivity index (χ2v) is 9.58. The second-order valence-electron chi connectivity index (χ2n) is 6.07. The van der Waals surface area contributed by atoms with Crippen LogP contribution in [0, 0.1) is 0 Å². The minimum absolute atomic E-state index is 0.185. The Morgan fingerprint density at radius 1 is 1.43 bits per heavy atom. The number of ether oxygens (including phenoxy) is 1. The van der Waals surface area contributed by atoms with E-state index in [2.05, 4.69) is 27.3 Å². The molecule has 1 atom stereocenters. The normalized spacial score (nSPS) is 16.4. The number of hydrogen-bond acceptors (Lipinski definition) is 4. The first kappa shape index (κ1) is 16.8. The van der Waals surface area contributed by atoms with Gasteiger partial charge in [-0.3, -0.25) is 0 Å². The Balaban J connectivity index is 2.37. The summed E-state index contributed by atoms with van der Waals surface area (Å²) >= 11 is 3.52. The van der Waals surface area contributed by atoms with Crippen molar-refractivity contribution >= 4 is 25.8 Å². The molecule has 1 unspecified atom stereocenters. The van der Waals surface area contributed by atoms with Gasteiger partial charge in [-0.05, 0) is 50.6 Å². The smallest absolute Gasteiger partial charge is 0.154 e. The molecule has 1 heterocycles. The highest BCUT2D eigenvalue weighted by atomic mass is 79.9. The Hall–Kier alpha value is -0.590. The average Bonchev–Trinajstić information content (AvgIpc) is 2.81. The summed E-state index contributed by atoms with van der Waals surface area (Å²) in [6.07, 6.45) is 2.80. The quantitative estimate of drug-likeness (QED) is 0.857. The molecule has 0 saturated carbocycles. The summed E-state index contributed by atoms with van der Waals surface area (Å²) in [5.74, 6) is 0.919. The van der Waals surface area contributed by atoms with Crippen LogP contribution >= 0.6 is 15.9 Å². The topological polar surface area (TPSA) is 55.4 Å². The molecule has 0 aromatic heterocycles. The molecule has 1 aliphatic heterocycles. The first-order chi connectivity index (χ1) is 9.66. The third kappa shape index (κ3) is 3.27. The van der Waals surface area contributed by atoms with Gasteiger partial charge in [-0.25, -0.2) is 8.42 Å². The van der Waals surface area contributed by atoms with Crippen LogP contribution in [0.2, 0.25) is 0 Å². The maximum absolute atomic E-state index is 12.1. The Morgan fingerprint density at radius 3 is 2.67 bits per heavy atom. The molecule has 6 heteroatoms. The summed E-state index contributed by atoms with van der Waals surface area (Å²) in [6.45, 7) is 4.23. The number of halogens is 1. The van der Waals surface area contributed by atoms with Crippen LogP contribution in [0.5, 0.6) is 5.75 Å². The molecule has 2 rings (SSSR count). The fourth-order valence-corrected chi connectivity index (χ4v) is 3.94. The van der Waals surface area contributed by atoms with E-state index in [-0.39, 0.29) is 6.04 Å². The monoisotopic (exact) mass is 375 g/mol. The molecule has 1 aromatic carbocycles. The van der Waals surface area contributed by atoms with Gasteiger partial charge >= 0.3 is 0 Å². The number of hydrogen-bond donors (Lipinski definition) is 1. The molecule has 0 aliphatic carbocycles. The highest BCUT2D eigenvalue weighted by molar-refractivity contribution is 9.10. The lowest BCUT2D eigenvalue weighted by Gasteiger charge is -2.33. The van der Waals surface area contributed by atoms with Crippen LogP contribution in [0.15, 0.2) is 16.6 Å². The maximum Gasteiger partial charge on any atom is 0.154 e. The molecule has 0 saturated heterocycles. The number of benzene rings is 1. The van der Waals surface area contributed by atoms with Gasteiger partial charge in [0.1, 0.15) is 5.75 Å². The summed E-state index contributed by atoms with van der Waals surface area (Å²) in [7, 11) is -1.37. The van der Waals surface area contributed by atoms with Crippen molar-refractivity contribution in [1.29, 1.82) is 0 Å². The van der Waals surface area contributed by atoms with Crippen molar-refractivity contribution in [1.82, 2.24) is 5.32 Å². The first-order valence-electron chi connectivity index (χ1n) is 6.97. The van der Waals surface area contributed by atoms with E-state index >= 15 is 0 Å². The molecule has 0 fully saturated rings. The van der Waals surface area contributed by atoms with Gasteiger partial charge in [0, 0.05) is 23.2 Å². The molecule has 0 radical (unpaired) electrons. The van der Waals surface area contributed by atoms with Gasteiger partial charge in [-0.1, -0.05) is 15.9 Å². The van der Waals surface area contributed by atoms with Gasteiger partial charge in [-0.15, -0.1) is 0 Å². The molecule has 118 valence electrons. The van der Waals surface area contributed by atoms with E-state index in [0.717, 1.165) is 22.2 Å². The fourth-order valence-electron chi connectivity index (χ4n) is 2.67. The molecule has 1 aliphatic rings. The number of nitrogens with one attached hydrogen (secondary N) is 1. The van der Waals surface area contributed by atoms with E-state index in [0.29, 0.717) is 13.0 Å². The Bertz CT molecular complexity index is 641. The predicted molar refractivity (Wildman–Crippen MR) is 88.8 cm³/mol. The van der Waals surface area contributed by atoms with Gasteiger partial charge in [0.25, 0.3) is 0 Å². The van der Waals surface area contributed by atoms with Gasteiger partial charge in [-0.2, -0.15) is 0 Å². The molecule has 0 spiro atoms. The minimum atomic E-state index is -3.17. The van der Waals surface area contributed by atoms with Crippen molar-refractivity contribution in [2.24, 2.45) is 0 Å². The fraction of sp³-hybridized carbons (Fsp3) is 0.600. The summed E-state index contributed by atoms with van der Waals surface area (Å²) in [5.41, 5.74) is 2.24. The molecular weight excluding hydrogens is 354 g/mol. The lowest BCUT2D eigenvalue weighted by molar-refractivity contribution is 0.349.